The zero-order valence-electron chi connectivity index (χ0n) is 10.9. The lowest BCUT2D eigenvalue weighted by molar-refractivity contribution is 0.429. The molecular formula is C14H19N3S. The molecule has 0 unspecified atom stereocenters. The number of aromatic nitrogens is 2. The van der Waals surface area contributed by atoms with Crippen LogP contribution in [-0.4, -0.2) is 14.8 Å². The summed E-state index contributed by atoms with van der Waals surface area (Å²) in [6.07, 6.45) is 3.92. The van der Waals surface area contributed by atoms with E-state index in [9.17, 15) is 0 Å². The number of aryl methyl sites for hydroxylation is 1. The van der Waals surface area contributed by atoms with Gasteiger partial charge in [0.05, 0.1) is 16.7 Å². The van der Waals surface area contributed by atoms with Gasteiger partial charge in [-0.2, -0.15) is 5.10 Å². The van der Waals surface area contributed by atoms with Crippen molar-refractivity contribution in [1.82, 2.24) is 9.78 Å². The number of fused-ring (bicyclic) bond motifs is 1. The molecule has 1 aromatic carbocycles. The first-order valence-electron chi connectivity index (χ1n) is 6.21. The standard InChI is InChI=1S/C14H19N3S/c1-14(2,13(15)18)8-5-9-17-12-7-4-3-6-11(12)10-16-17/h3-4,6-7,10H,5,8-9H2,1-2H3,(H2,15,18). The summed E-state index contributed by atoms with van der Waals surface area (Å²) in [5.74, 6) is 0. The van der Waals surface area contributed by atoms with Gasteiger partial charge in [-0.3, -0.25) is 4.68 Å². The zero-order valence-corrected chi connectivity index (χ0v) is 11.7. The molecule has 2 rings (SSSR count). The number of para-hydroxylation sites is 1. The third kappa shape index (κ3) is 2.70. The Bertz CT molecular complexity index is 557. The Morgan fingerprint density at radius 3 is 2.83 bits per heavy atom. The summed E-state index contributed by atoms with van der Waals surface area (Å²) < 4.78 is 2.05. The third-order valence-electron chi connectivity index (χ3n) is 3.39. The molecule has 1 aromatic heterocycles. The minimum atomic E-state index is -0.0711. The molecule has 0 bridgehead atoms. The largest absolute Gasteiger partial charge is 0.393 e. The van der Waals surface area contributed by atoms with Crippen LogP contribution in [-0.2, 0) is 6.54 Å². The summed E-state index contributed by atoms with van der Waals surface area (Å²) in [5, 5.41) is 5.60. The second-order valence-electron chi connectivity index (χ2n) is 5.28. The first-order chi connectivity index (χ1) is 8.50. The highest BCUT2D eigenvalue weighted by Crippen LogP contribution is 2.23. The fourth-order valence-corrected chi connectivity index (χ4v) is 2.10. The van der Waals surface area contributed by atoms with E-state index in [1.54, 1.807) is 0 Å². The topological polar surface area (TPSA) is 43.8 Å². The second-order valence-corrected chi connectivity index (χ2v) is 5.72. The Kier molecular flexibility index (Phi) is 3.66. The van der Waals surface area contributed by atoms with Gasteiger partial charge in [0.15, 0.2) is 0 Å². The van der Waals surface area contributed by atoms with Gasteiger partial charge in [0.25, 0.3) is 0 Å². The average molecular weight is 261 g/mol. The quantitative estimate of drug-likeness (QED) is 0.841. The van der Waals surface area contributed by atoms with E-state index in [0.29, 0.717) is 4.99 Å². The molecule has 0 atom stereocenters. The van der Waals surface area contributed by atoms with Crippen LogP contribution in [0.2, 0.25) is 0 Å². The van der Waals surface area contributed by atoms with Crippen molar-refractivity contribution in [3.63, 3.8) is 0 Å². The van der Waals surface area contributed by atoms with Crippen molar-refractivity contribution in [3.05, 3.63) is 30.5 Å². The molecule has 0 saturated carbocycles. The number of thiocarbonyl (C=S) groups is 1. The summed E-state index contributed by atoms with van der Waals surface area (Å²) in [6.45, 7) is 5.09. The van der Waals surface area contributed by atoms with E-state index >= 15 is 0 Å². The van der Waals surface area contributed by atoms with Gasteiger partial charge < -0.3 is 5.73 Å². The molecule has 1 heterocycles. The first kappa shape index (κ1) is 13.0. The fourth-order valence-electron chi connectivity index (χ4n) is 2.00. The third-order valence-corrected chi connectivity index (χ3v) is 3.94. The van der Waals surface area contributed by atoms with Crippen LogP contribution in [0.1, 0.15) is 26.7 Å². The van der Waals surface area contributed by atoms with Crippen molar-refractivity contribution in [2.45, 2.75) is 33.2 Å². The lowest BCUT2D eigenvalue weighted by atomic mass is 9.88. The number of hydrogen-bond donors (Lipinski definition) is 1. The molecule has 96 valence electrons. The molecule has 18 heavy (non-hydrogen) atoms. The minimum Gasteiger partial charge on any atom is -0.393 e. The van der Waals surface area contributed by atoms with Crippen molar-refractivity contribution < 1.29 is 0 Å². The molecule has 0 fully saturated rings. The lowest BCUT2D eigenvalue weighted by Crippen LogP contribution is -2.29. The highest BCUT2D eigenvalue weighted by molar-refractivity contribution is 7.80. The van der Waals surface area contributed by atoms with Crippen LogP contribution in [0.5, 0.6) is 0 Å². The Morgan fingerprint density at radius 1 is 1.39 bits per heavy atom. The summed E-state index contributed by atoms with van der Waals surface area (Å²) in [5.41, 5.74) is 6.84. The van der Waals surface area contributed by atoms with Crippen LogP contribution in [0.4, 0.5) is 0 Å². The molecule has 0 aliphatic rings. The number of nitrogens with zero attached hydrogens (tertiary/aromatic N) is 2. The van der Waals surface area contributed by atoms with E-state index < -0.39 is 0 Å². The maximum Gasteiger partial charge on any atom is 0.0784 e. The van der Waals surface area contributed by atoms with Gasteiger partial charge in [-0.25, -0.2) is 0 Å². The molecule has 0 aliphatic heterocycles. The van der Waals surface area contributed by atoms with Gasteiger partial charge in [-0.1, -0.05) is 44.3 Å². The Morgan fingerprint density at radius 2 is 2.11 bits per heavy atom. The molecule has 0 aliphatic carbocycles. The SMILES string of the molecule is CC(C)(CCCn1ncc2ccccc21)C(N)=S. The lowest BCUT2D eigenvalue weighted by Gasteiger charge is -2.22. The predicted molar refractivity (Wildman–Crippen MR) is 79.5 cm³/mol. The normalized spacial score (nSPS) is 11.9. The van der Waals surface area contributed by atoms with Crippen molar-refractivity contribution >= 4 is 28.1 Å². The van der Waals surface area contributed by atoms with Gasteiger partial charge in [0.1, 0.15) is 0 Å². The van der Waals surface area contributed by atoms with Crippen LogP contribution in [0.15, 0.2) is 30.5 Å². The van der Waals surface area contributed by atoms with Crippen LogP contribution in [0.25, 0.3) is 10.9 Å². The first-order valence-corrected chi connectivity index (χ1v) is 6.62. The van der Waals surface area contributed by atoms with Crippen LogP contribution < -0.4 is 5.73 Å². The molecule has 0 saturated heterocycles. The van der Waals surface area contributed by atoms with E-state index in [1.165, 1.54) is 10.9 Å². The van der Waals surface area contributed by atoms with Gasteiger partial charge >= 0.3 is 0 Å². The molecule has 0 amide bonds. The monoisotopic (exact) mass is 261 g/mol. The average Bonchev–Trinajstić information content (AvgIpc) is 2.72. The summed E-state index contributed by atoms with van der Waals surface area (Å²) in [6, 6.07) is 8.25. The van der Waals surface area contributed by atoms with E-state index in [-0.39, 0.29) is 5.41 Å². The maximum atomic E-state index is 5.73. The van der Waals surface area contributed by atoms with Crippen molar-refractivity contribution in [3.8, 4) is 0 Å². The highest BCUT2D eigenvalue weighted by Gasteiger charge is 2.20. The summed E-state index contributed by atoms with van der Waals surface area (Å²) in [7, 11) is 0. The van der Waals surface area contributed by atoms with Crippen molar-refractivity contribution in [2.24, 2.45) is 11.1 Å². The Balaban J connectivity index is 2.01. The van der Waals surface area contributed by atoms with Crippen LogP contribution in [0.3, 0.4) is 0 Å². The van der Waals surface area contributed by atoms with E-state index in [0.717, 1.165) is 19.4 Å². The second kappa shape index (κ2) is 5.06. The van der Waals surface area contributed by atoms with E-state index in [2.05, 4.69) is 31.1 Å². The number of hydrogen-bond acceptors (Lipinski definition) is 2. The molecule has 0 spiro atoms. The summed E-state index contributed by atoms with van der Waals surface area (Å²) in [4.78, 5) is 0.591. The van der Waals surface area contributed by atoms with Crippen LogP contribution in [0, 0.1) is 5.41 Å². The minimum absolute atomic E-state index is 0.0711. The molecule has 3 nitrogen and oxygen atoms in total. The highest BCUT2D eigenvalue weighted by atomic mass is 32.1. The van der Waals surface area contributed by atoms with Gasteiger partial charge in [0, 0.05) is 17.3 Å². The van der Waals surface area contributed by atoms with Crippen molar-refractivity contribution in [1.29, 1.82) is 0 Å². The number of nitrogens with two attached hydrogens (primary N) is 1. The van der Waals surface area contributed by atoms with Crippen LogP contribution >= 0.6 is 12.2 Å². The Hall–Kier alpha value is -1.42. The predicted octanol–water partition coefficient (Wildman–Crippen LogP) is 3.13. The smallest absolute Gasteiger partial charge is 0.0784 e. The zero-order chi connectivity index (χ0) is 13.2. The summed E-state index contributed by atoms with van der Waals surface area (Å²) >= 11 is 5.08. The molecular weight excluding hydrogens is 242 g/mol. The van der Waals surface area contributed by atoms with Gasteiger partial charge in [-0.15, -0.1) is 0 Å². The molecule has 0 radical (unpaired) electrons. The van der Waals surface area contributed by atoms with Crippen molar-refractivity contribution in [2.75, 3.05) is 0 Å². The number of benzene rings is 1. The molecule has 2 aromatic rings. The van der Waals surface area contributed by atoms with Gasteiger partial charge in [-0.05, 0) is 18.9 Å². The van der Waals surface area contributed by atoms with Gasteiger partial charge in [0.2, 0.25) is 0 Å². The maximum absolute atomic E-state index is 5.73. The fraction of sp³-hybridized carbons (Fsp3) is 0.429. The molecule has 4 heteroatoms. The Labute approximate surface area is 113 Å². The van der Waals surface area contributed by atoms with E-state index in [1.807, 2.05) is 23.0 Å². The number of rotatable bonds is 5. The molecule has 2 N–H and O–H groups in total. The van der Waals surface area contributed by atoms with E-state index in [4.69, 9.17) is 18.0 Å².